The molecular weight excluding hydrogens is 390 g/mol. The Morgan fingerprint density at radius 3 is 2.77 bits per heavy atom. The summed E-state index contributed by atoms with van der Waals surface area (Å²) in [5, 5.41) is 6.91. The lowest BCUT2D eigenvalue weighted by Gasteiger charge is -2.34. The molecule has 31 heavy (non-hydrogen) atoms. The van der Waals surface area contributed by atoms with E-state index in [1.54, 1.807) is 0 Å². The van der Waals surface area contributed by atoms with Gasteiger partial charge >= 0.3 is 0 Å². The second-order valence-corrected chi connectivity index (χ2v) is 9.00. The molecule has 2 saturated heterocycles. The van der Waals surface area contributed by atoms with Crippen molar-refractivity contribution in [3.05, 3.63) is 29.3 Å². The fraction of sp³-hybridized carbons (Fsp3) is 0.708. The molecule has 7 heteroatoms. The van der Waals surface area contributed by atoms with Gasteiger partial charge in [-0.3, -0.25) is 0 Å². The molecule has 0 saturated carbocycles. The first-order valence-corrected chi connectivity index (χ1v) is 11.8. The van der Waals surface area contributed by atoms with Crippen LogP contribution in [0, 0.1) is 12.8 Å². The fourth-order valence-electron chi connectivity index (χ4n) is 4.00. The first kappa shape index (κ1) is 23.8. The summed E-state index contributed by atoms with van der Waals surface area (Å²) in [6.07, 6.45) is 1.10. The summed E-state index contributed by atoms with van der Waals surface area (Å²) in [4.78, 5) is 9.81. The number of piperazine rings is 1. The Balaban J connectivity index is 1.54. The highest BCUT2D eigenvalue weighted by atomic mass is 16.5. The third-order valence-electron chi connectivity index (χ3n) is 5.94. The zero-order chi connectivity index (χ0) is 22.1. The summed E-state index contributed by atoms with van der Waals surface area (Å²) < 4.78 is 11.7. The number of likely N-dealkylation sites (N-methyl/N-ethyl adjacent to an activating group) is 1. The van der Waals surface area contributed by atoms with Crippen LogP contribution in [0.15, 0.2) is 23.2 Å². The van der Waals surface area contributed by atoms with Crippen molar-refractivity contribution < 1.29 is 9.47 Å². The second-order valence-electron chi connectivity index (χ2n) is 9.00. The topological polar surface area (TPSA) is 61.4 Å². The van der Waals surface area contributed by atoms with Crippen molar-refractivity contribution in [1.29, 1.82) is 0 Å². The molecule has 0 amide bonds. The molecule has 0 bridgehead atoms. The van der Waals surface area contributed by atoms with E-state index >= 15 is 0 Å². The summed E-state index contributed by atoms with van der Waals surface area (Å²) in [6, 6.07) is 6.37. The van der Waals surface area contributed by atoms with Crippen LogP contribution in [0.25, 0.3) is 0 Å². The highest BCUT2D eigenvalue weighted by Crippen LogP contribution is 2.24. The highest BCUT2D eigenvalue weighted by Gasteiger charge is 2.19. The summed E-state index contributed by atoms with van der Waals surface area (Å²) in [6.45, 7) is 16.1. The summed E-state index contributed by atoms with van der Waals surface area (Å²) in [5.74, 6) is 2.36. The minimum atomic E-state index is 0.145. The average molecular weight is 432 g/mol. The predicted octanol–water partition coefficient (Wildman–Crippen LogP) is 2.10. The summed E-state index contributed by atoms with van der Waals surface area (Å²) in [5.41, 5.74) is 2.31. The number of guanidine groups is 1. The summed E-state index contributed by atoms with van der Waals surface area (Å²) in [7, 11) is 2.20. The van der Waals surface area contributed by atoms with Crippen molar-refractivity contribution in [3.63, 3.8) is 0 Å². The molecule has 2 aliphatic heterocycles. The van der Waals surface area contributed by atoms with Crippen LogP contribution in [0.5, 0.6) is 5.75 Å². The minimum absolute atomic E-state index is 0.145. The maximum Gasteiger partial charge on any atom is 0.191 e. The monoisotopic (exact) mass is 431 g/mol. The second kappa shape index (κ2) is 12.3. The van der Waals surface area contributed by atoms with Crippen LogP contribution in [-0.2, 0) is 11.3 Å². The first-order valence-electron chi connectivity index (χ1n) is 11.8. The van der Waals surface area contributed by atoms with E-state index < -0.39 is 0 Å². The van der Waals surface area contributed by atoms with Crippen molar-refractivity contribution in [1.82, 2.24) is 20.4 Å². The molecular formula is C24H41N5O2. The van der Waals surface area contributed by atoms with Gasteiger partial charge in [0.05, 0.1) is 19.8 Å². The normalized spacial score (nSPS) is 21.8. The molecule has 2 N–H and O–H groups in total. The molecule has 1 aromatic carbocycles. The maximum absolute atomic E-state index is 6.23. The van der Waals surface area contributed by atoms with E-state index in [2.05, 4.69) is 66.5 Å². The number of hydrogen-bond donors (Lipinski definition) is 2. The van der Waals surface area contributed by atoms with Crippen LogP contribution in [-0.4, -0.2) is 87.9 Å². The molecule has 1 aromatic rings. The van der Waals surface area contributed by atoms with Gasteiger partial charge in [-0.25, -0.2) is 4.99 Å². The van der Waals surface area contributed by atoms with Crippen molar-refractivity contribution in [2.24, 2.45) is 10.9 Å². The summed E-state index contributed by atoms with van der Waals surface area (Å²) >= 11 is 0. The molecule has 3 rings (SSSR count). The Bertz CT molecular complexity index is 697. The SMILES string of the molecule is CCNC(=NCc1ccc(C)cc1OC1CCOC1)NCC(C)CN1CCN(C)CC1. The molecule has 2 unspecified atom stereocenters. The number of benzene rings is 1. The van der Waals surface area contributed by atoms with E-state index in [0.29, 0.717) is 19.1 Å². The van der Waals surface area contributed by atoms with Gasteiger partial charge in [-0.2, -0.15) is 0 Å². The lowest BCUT2D eigenvalue weighted by Crippen LogP contribution is -2.47. The fourth-order valence-corrected chi connectivity index (χ4v) is 4.00. The number of aliphatic imine (C=N–C) groups is 1. The maximum atomic E-state index is 6.23. The van der Waals surface area contributed by atoms with Gasteiger partial charge in [0.25, 0.3) is 0 Å². The molecule has 7 nitrogen and oxygen atoms in total. The Hall–Kier alpha value is -1.83. The van der Waals surface area contributed by atoms with Gasteiger partial charge in [0, 0.05) is 57.8 Å². The van der Waals surface area contributed by atoms with E-state index in [1.807, 2.05) is 0 Å². The Morgan fingerprint density at radius 1 is 1.26 bits per heavy atom. The highest BCUT2D eigenvalue weighted by molar-refractivity contribution is 5.79. The van der Waals surface area contributed by atoms with Crippen LogP contribution >= 0.6 is 0 Å². The van der Waals surface area contributed by atoms with Gasteiger partial charge in [-0.15, -0.1) is 0 Å². The molecule has 174 valence electrons. The zero-order valence-electron chi connectivity index (χ0n) is 19.8. The van der Waals surface area contributed by atoms with Crippen LogP contribution in [0.3, 0.4) is 0 Å². The van der Waals surface area contributed by atoms with Crippen molar-refractivity contribution >= 4 is 5.96 Å². The smallest absolute Gasteiger partial charge is 0.191 e. The number of nitrogens with zero attached hydrogens (tertiary/aromatic N) is 3. The van der Waals surface area contributed by atoms with Crippen LogP contribution in [0.4, 0.5) is 0 Å². The van der Waals surface area contributed by atoms with Gasteiger partial charge < -0.3 is 29.9 Å². The molecule has 0 aliphatic carbocycles. The van der Waals surface area contributed by atoms with Crippen molar-refractivity contribution in [2.75, 3.05) is 66.1 Å². The standard InChI is InChI=1S/C24H41N5O2/c1-5-25-24(26-15-20(3)17-29-11-9-28(4)10-12-29)27-16-21-7-6-19(2)14-23(21)31-22-8-13-30-18-22/h6-7,14,20,22H,5,8-13,15-18H2,1-4H3,(H2,25,26,27). The van der Waals surface area contributed by atoms with E-state index in [-0.39, 0.29) is 6.10 Å². The van der Waals surface area contributed by atoms with Crippen LogP contribution in [0.1, 0.15) is 31.4 Å². The Kier molecular flexibility index (Phi) is 9.43. The Morgan fingerprint density at radius 2 is 2.06 bits per heavy atom. The van der Waals surface area contributed by atoms with Gasteiger partial charge in [-0.1, -0.05) is 19.1 Å². The third kappa shape index (κ3) is 7.98. The molecule has 2 heterocycles. The zero-order valence-corrected chi connectivity index (χ0v) is 19.8. The predicted molar refractivity (Wildman–Crippen MR) is 127 cm³/mol. The van der Waals surface area contributed by atoms with Gasteiger partial charge in [0.2, 0.25) is 0 Å². The van der Waals surface area contributed by atoms with Crippen LogP contribution < -0.4 is 15.4 Å². The lowest BCUT2D eigenvalue weighted by atomic mass is 10.1. The molecule has 2 aliphatic rings. The quantitative estimate of drug-likeness (QED) is 0.461. The number of hydrogen-bond acceptors (Lipinski definition) is 5. The molecule has 0 aromatic heterocycles. The van der Waals surface area contributed by atoms with Crippen LogP contribution in [0.2, 0.25) is 0 Å². The van der Waals surface area contributed by atoms with Crippen molar-refractivity contribution in [3.8, 4) is 5.75 Å². The first-order chi connectivity index (χ1) is 15.0. The molecule has 0 spiro atoms. The third-order valence-corrected chi connectivity index (χ3v) is 5.94. The molecule has 2 fully saturated rings. The minimum Gasteiger partial charge on any atom is -0.488 e. The number of aryl methyl sites for hydroxylation is 1. The average Bonchev–Trinajstić information content (AvgIpc) is 3.26. The van der Waals surface area contributed by atoms with Gasteiger partial charge in [0.1, 0.15) is 11.9 Å². The number of nitrogens with one attached hydrogen (secondary N) is 2. The lowest BCUT2D eigenvalue weighted by molar-refractivity contribution is 0.139. The van der Waals surface area contributed by atoms with E-state index in [9.17, 15) is 0 Å². The molecule has 2 atom stereocenters. The van der Waals surface area contributed by atoms with E-state index in [4.69, 9.17) is 14.5 Å². The van der Waals surface area contributed by atoms with Gasteiger partial charge in [-0.05, 0) is 38.4 Å². The largest absolute Gasteiger partial charge is 0.488 e. The number of rotatable bonds is 9. The van der Waals surface area contributed by atoms with Gasteiger partial charge in [0.15, 0.2) is 5.96 Å². The van der Waals surface area contributed by atoms with Crippen molar-refractivity contribution in [2.45, 2.75) is 39.8 Å². The van der Waals surface area contributed by atoms with E-state index in [0.717, 1.165) is 76.1 Å². The molecule has 0 radical (unpaired) electrons. The van der Waals surface area contributed by atoms with E-state index in [1.165, 1.54) is 5.56 Å². The number of ether oxygens (including phenoxy) is 2. The Labute approximate surface area is 188 Å².